The Morgan fingerprint density at radius 3 is 2.00 bits per heavy atom. The highest BCUT2D eigenvalue weighted by atomic mass is 16.5. The van der Waals surface area contributed by atoms with E-state index in [1.54, 1.807) is 14.0 Å². The van der Waals surface area contributed by atoms with Crippen LogP contribution in [-0.4, -0.2) is 19.0 Å². The van der Waals surface area contributed by atoms with E-state index in [0.717, 1.165) is 0 Å². The first-order chi connectivity index (χ1) is 5.00. The summed E-state index contributed by atoms with van der Waals surface area (Å²) in [6.07, 6.45) is -0.326. The summed E-state index contributed by atoms with van der Waals surface area (Å²) < 4.78 is 5.02. The lowest BCUT2D eigenvalue weighted by Gasteiger charge is -2.17. The quantitative estimate of drug-likeness (QED) is 0.580. The molecule has 1 atom stereocenters. The van der Waals surface area contributed by atoms with Gasteiger partial charge in [-0.05, 0) is 18.4 Å². The van der Waals surface area contributed by atoms with Gasteiger partial charge in [0.1, 0.15) is 6.10 Å². The minimum absolute atomic E-state index is 0.00231. The van der Waals surface area contributed by atoms with Gasteiger partial charge in [0.15, 0.2) is 5.78 Å². The number of hydrogen-bond acceptors (Lipinski definition) is 2. The predicted octanol–water partition coefficient (Wildman–Crippen LogP) is 1.80. The maximum absolute atomic E-state index is 11.3. The maximum atomic E-state index is 11.3. The van der Waals surface area contributed by atoms with Crippen molar-refractivity contribution in [1.29, 1.82) is 0 Å². The molecule has 1 unspecified atom stereocenters. The van der Waals surface area contributed by atoms with Gasteiger partial charge in [-0.25, -0.2) is 0 Å². The van der Waals surface area contributed by atoms with E-state index in [2.05, 4.69) is 6.58 Å². The van der Waals surface area contributed by atoms with E-state index in [1.165, 1.54) is 0 Å². The van der Waals surface area contributed by atoms with Crippen molar-refractivity contribution < 1.29 is 9.53 Å². The Balaban J connectivity index is 4.26. The van der Waals surface area contributed by atoms with Crippen molar-refractivity contribution >= 4 is 5.78 Å². The zero-order chi connectivity index (χ0) is 9.02. The Labute approximate surface area is 68.2 Å². The molecule has 0 amide bonds. The maximum Gasteiger partial charge on any atom is 0.186 e. The minimum atomic E-state index is -0.326. The second-order valence-corrected chi connectivity index (χ2v) is 3.04. The van der Waals surface area contributed by atoms with Gasteiger partial charge in [0, 0.05) is 7.11 Å². The van der Waals surface area contributed by atoms with Crippen molar-refractivity contribution in [2.24, 2.45) is 5.92 Å². The Kier molecular flexibility index (Phi) is 4.04. The first-order valence-corrected chi connectivity index (χ1v) is 3.73. The molecule has 0 bridgehead atoms. The van der Waals surface area contributed by atoms with Crippen LogP contribution in [0.4, 0.5) is 0 Å². The number of ketones is 1. The van der Waals surface area contributed by atoms with Crippen molar-refractivity contribution in [2.75, 3.05) is 7.11 Å². The summed E-state index contributed by atoms with van der Waals surface area (Å²) in [5.41, 5.74) is 0.561. The number of ether oxygens (including phenoxy) is 1. The molecule has 0 heterocycles. The molecular weight excluding hydrogens is 140 g/mol. The Bertz CT molecular complexity index is 159. The van der Waals surface area contributed by atoms with Crippen molar-refractivity contribution in [3.63, 3.8) is 0 Å². The van der Waals surface area contributed by atoms with Crippen LogP contribution in [0.3, 0.4) is 0 Å². The SMILES string of the molecule is C=C(C)C(=O)C(OC)C(C)C. The molecule has 0 radical (unpaired) electrons. The molecule has 0 saturated carbocycles. The topological polar surface area (TPSA) is 26.3 Å². The van der Waals surface area contributed by atoms with Gasteiger partial charge >= 0.3 is 0 Å². The molecule has 0 aliphatic heterocycles. The van der Waals surface area contributed by atoms with Crippen molar-refractivity contribution in [1.82, 2.24) is 0 Å². The summed E-state index contributed by atoms with van der Waals surface area (Å²) in [4.78, 5) is 11.3. The summed E-state index contributed by atoms with van der Waals surface area (Å²) in [6.45, 7) is 9.19. The highest BCUT2D eigenvalue weighted by Crippen LogP contribution is 2.10. The van der Waals surface area contributed by atoms with E-state index >= 15 is 0 Å². The van der Waals surface area contributed by atoms with Gasteiger partial charge in [-0.15, -0.1) is 0 Å². The van der Waals surface area contributed by atoms with Gasteiger partial charge in [-0.3, -0.25) is 4.79 Å². The highest BCUT2D eigenvalue weighted by Gasteiger charge is 2.21. The molecule has 0 saturated heterocycles. The summed E-state index contributed by atoms with van der Waals surface area (Å²) in [7, 11) is 1.55. The van der Waals surface area contributed by atoms with Gasteiger partial charge in [0.05, 0.1) is 0 Å². The third-order valence-electron chi connectivity index (χ3n) is 1.54. The average Bonchev–Trinajstić information content (AvgIpc) is 1.88. The molecule has 0 N–H and O–H groups in total. The third kappa shape index (κ3) is 2.85. The molecule has 0 aromatic carbocycles. The fourth-order valence-electron chi connectivity index (χ4n) is 0.925. The van der Waals surface area contributed by atoms with Crippen LogP contribution < -0.4 is 0 Å². The second-order valence-electron chi connectivity index (χ2n) is 3.04. The monoisotopic (exact) mass is 156 g/mol. The minimum Gasteiger partial charge on any atom is -0.373 e. The smallest absolute Gasteiger partial charge is 0.186 e. The number of Topliss-reactive ketones (excluding diaryl/α,β-unsaturated/α-hetero) is 1. The summed E-state index contributed by atoms with van der Waals surface area (Å²) >= 11 is 0. The van der Waals surface area contributed by atoms with Crippen LogP contribution in [0.5, 0.6) is 0 Å². The molecule has 0 fully saturated rings. The molecule has 0 aliphatic carbocycles. The largest absolute Gasteiger partial charge is 0.373 e. The van der Waals surface area contributed by atoms with Gasteiger partial charge < -0.3 is 4.74 Å². The fourth-order valence-corrected chi connectivity index (χ4v) is 0.925. The van der Waals surface area contributed by atoms with E-state index in [-0.39, 0.29) is 17.8 Å². The van der Waals surface area contributed by atoms with Crippen molar-refractivity contribution in [3.8, 4) is 0 Å². The van der Waals surface area contributed by atoms with Crippen molar-refractivity contribution in [3.05, 3.63) is 12.2 Å². The van der Waals surface area contributed by atoms with Crippen LogP contribution in [0.15, 0.2) is 12.2 Å². The standard InChI is InChI=1S/C9H16O2/c1-6(2)8(10)9(11-5)7(3)4/h7,9H,1H2,2-5H3. The predicted molar refractivity (Wildman–Crippen MR) is 45.5 cm³/mol. The van der Waals surface area contributed by atoms with Crippen LogP contribution >= 0.6 is 0 Å². The van der Waals surface area contributed by atoms with Crippen LogP contribution in [0.2, 0.25) is 0 Å². The lowest BCUT2D eigenvalue weighted by Crippen LogP contribution is -2.28. The Morgan fingerprint density at radius 1 is 1.45 bits per heavy atom. The van der Waals surface area contributed by atoms with E-state index < -0.39 is 0 Å². The van der Waals surface area contributed by atoms with Gasteiger partial charge in [0.25, 0.3) is 0 Å². The normalized spacial score (nSPS) is 13.2. The zero-order valence-corrected chi connectivity index (χ0v) is 7.68. The molecule has 11 heavy (non-hydrogen) atoms. The Hall–Kier alpha value is -0.630. The molecule has 64 valence electrons. The first-order valence-electron chi connectivity index (χ1n) is 3.73. The first kappa shape index (κ1) is 10.4. The molecule has 2 nitrogen and oxygen atoms in total. The van der Waals surface area contributed by atoms with Gasteiger partial charge in [-0.2, -0.15) is 0 Å². The molecule has 0 aliphatic rings. The van der Waals surface area contributed by atoms with Gasteiger partial charge in [-0.1, -0.05) is 20.4 Å². The number of methoxy groups -OCH3 is 1. The summed E-state index contributed by atoms with van der Waals surface area (Å²) in [5, 5.41) is 0. The number of rotatable bonds is 4. The van der Waals surface area contributed by atoms with Crippen LogP contribution in [0.25, 0.3) is 0 Å². The molecule has 0 aromatic heterocycles. The third-order valence-corrected chi connectivity index (χ3v) is 1.54. The molecule has 0 rings (SSSR count). The van der Waals surface area contributed by atoms with E-state index in [4.69, 9.17) is 4.74 Å². The van der Waals surface area contributed by atoms with Crippen LogP contribution in [-0.2, 0) is 9.53 Å². The zero-order valence-electron chi connectivity index (χ0n) is 7.68. The summed E-state index contributed by atoms with van der Waals surface area (Å²) in [5.74, 6) is 0.215. The van der Waals surface area contributed by atoms with Crippen LogP contribution in [0.1, 0.15) is 20.8 Å². The lowest BCUT2D eigenvalue weighted by molar-refractivity contribution is -0.127. The fraction of sp³-hybridized carbons (Fsp3) is 0.667. The number of carbonyl (C=O) groups is 1. The number of hydrogen-bond donors (Lipinski definition) is 0. The van der Waals surface area contributed by atoms with Gasteiger partial charge in [0.2, 0.25) is 0 Å². The Morgan fingerprint density at radius 2 is 1.91 bits per heavy atom. The molecule has 0 aromatic rings. The summed E-state index contributed by atoms with van der Waals surface area (Å²) in [6, 6.07) is 0. The molecule has 0 spiro atoms. The number of carbonyl (C=O) groups excluding carboxylic acids is 1. The van der Waals surface area contributed by atoms with Crippen molar-refractivity contribution in [2.45, 2.75) is 26.9 Å². The lowest BCUT2D eigenvalue weighted by atomic mass is 9.99. The molecular formula is C9H16O2. The second kappa shape index (κ2) is 4.29. The van der Waals surface area contributed by atoms with E-state index in [1.807, 2.05) is 13.8 Å². The molecule has 2 heteroatoms. The highest BCUT2D eigenvalue weighted by molar-refractivity contribution is 5.97. The van der Waals surface area contributed by atoms with E-state index in [9.17, 15) is 4.79 Å². The van der Waals surface area contributed by atoms with Crippen LogP contribution in [0, 0.1) is 5.92 Å². The van der Waals surface area contributed by atoms with E-state index in [0.29, 0.717) is 5.57 Å². The average molecular weight is 156 g/mol.